The second-order valence-corrected chi connectivity index (χ2v) is 25.1. The van der Waals surface area contributed by atoms with Crippen LogP contribution < -0.4 is 0 Å². The molecule has 0 aliphatic carbocycles. The van der Waals surface area contributed by atoms with Gasteiger partial charge in [0.15, 0.2) is 0 Å². The van der Waals surface area contributed by atoms with E-state index in [1.807, 2.05) is 22.7 Å². The fraction of sp³-hybridized carbons (Fsp3) is 0. The first-order valence-electron chi connectivity index (χ1n) is 29.6. The van der Waals surface area contributed by atoms with Crippen LogP contribution in [0.1, 0.15) is 0 Å². The van der Waals surface area contributed by atoms with E-state index >= 15 is 0 Å². The average Bonchev–Trinajstić information content (AvgIpc) is 1.70. The summed E-state index contributed by atoms with van der Waals surface area (Å²) in [5.41, 5.74) is 17.2. The zero-order chi connectivity index (χ0) is 56.4. The number of fused-ring (bicyclic) bond motifs is 12. The minimum atomic E-state index is 1.18. The van der Waals surface area contributed by atoms with Gasteiger partial charge in [-0.2, -0.15) is 0 Å². The van der Waals surface area contributed by atoms with Gasteiger partial charge in [0.2, 0.25) is 0 Å². The first kappa shape index (κ1) is 49.0. The predicted molar refractivity (Wildman–Crippen MR) is 375 cm³/mol. The summed E-state index contributed by atoms with van der Waals surface area (Å²) in [6.07, 6.45) is 0. The lowest BCUT2D eigenvalue weighted by Crippen LogP contribution is -1.94. The Labute approximate surface area is 505 Å². The zero-order valence-corrected chi connectivity index (χ0v) is 48.3. The molecule has 0 radical (unpaired) electrons. The molecule has 0 saturated carbocycles. The third-order valence-corrected chi connectivity index (χ3v) is 20.5. The molecule has 18 aromatic rings. The van der Waals surface area contributed by atoms with Crippen molar-refractivity contribution in [1.29, 1.82) is 0 Å². The van der Waals surface area contributed by atoms with Crippen molar-refractivity contribution in [3.63, 3.8) is 0 Å². The first-order chi connectivity index (χ1) is 42.6. The van der Waals surface area contributed by atoms with Gasteiger partial charge in [-0.3, -0.25) is 0 Å². The second-order valence-electron chi connectivity index (χ2n) is 22.9. The van der Waals surface area contributed by atoms with Gasteiger partial charge in [0.1, 0.15) is 0 Å². The van der Waals surface area contributed by atoms with E-state index in [0.717, 1.165) is 0 Å². The molecule has 0 aliphatic rings. The molecule has 0 bridgehead atoms. The van der Waals surface area contributed by atoms with Crippen LogP contribution in [0.5, 0.6) is 0 Å². The molecule has 86 heavy (non-hydrogen) atoms. The Morgan fingerprint density at radius 2 is 0.477 bits per heavy atom. The topological polar surface area (TPSA) is 0 Å². The Kier molecular flexibility index (Phi) is 11.1. The van der Waals surface area contributed by atoms with Crippen LogP contribution in [0.4, 0.5) is 0 Å². The molecule has 16 aromatic carbocycles. The first-order valence-corrected chi connectivity index (χ1v) is 31.2. The van der Waals surface area contributed by atoms with Gasteiger partial charge in [0.05, 0.1) is 0 Å². The SMILES string of the molecule is c1ccc(-c2c3ccccc3c(-c3ccc4cc(-c5ccc6c(c5)sc5ccccc56)ccc4c3)c3ccc(-c4ccc5c(-c6ccc(-c7ccc8c(c7)sc7ccccc78)c7ccccc67)c6ccccc6c(-c6ccccc6)c5c4)cc23)cc1. The standard InChI is InChI=1S/C84H50S2/c1-3-17-51(18-4-1)81-68-25-9-10-26-69(68)83(60-34-33-53-45-54(31-32-55(53)46-60)58-35-39-66-64-23-13-15-29-77(64)85-79(66)49-58)73-41-36-56(47-75(73)81)57-37-42-74-76(48-57)82(52-19-5-2-6-20-52)70-27-11-12-28-71(70)84(74)72-44-43-61(62-21-7-8-22-63(62)72)59-38-40-67-65-24-14-16-30-78(65)86-80(67)50-59/h1-50H. The van der Waals surface area contributed by atoms with Crippen molar-refractivity contribution in [1.82, 2.24) is 0 Å². The summed E-state index contributed by atoms with van der Waals surface area (Å²) in [5, 5.41) is 20.1. The monoisotopic (exact) mass is 1120 g/mol. The second kappa shape index (κ2) is 19.6. The molecule has 0 saturated heterocycles. The zero-order valence-electron chi connectivity index (χ0n) is 46.7. The summed E-state index contributed by atoms with van der Waals surface area (Å²) < 4.78 is 5.29. The Morgan fingerprint density at radius 3 is 1.02 bits per heavy atom. The van der Waals surface area contributed by atoms with E-state index < -0.39 is 0 Å². The average molecular weight is 1120 g/mol. The van der Waals surface area contributed by atoms with Crippen molar-refractivity contribution >= 4 is 128 Å². The van der Waals surface area contributed by atoms with Crippen LogP contribution in [-0.4, -0.2) is 0 Å². The number of hydrogen-bond donors (Lipinski definition) is 0. The maximum atomic E-state index is 2.48. The number of hydrogen-bond acceptors (Lipinski definition) is 2. The highest BCUT2D eigenvalue weighted by molar-refractivity contribution is 7.26. The molecule has 0 nitrogen and oxygen atoms in total. The third-order valence-electron chi connectivity index (χ3n) is 18.2. The van der Waals surface area contributed by atoms with Gasteiger partial charge in [-0.15, -0.1) is 22.7 Å². The summed E-state index contributed by atoms with van der Waals surface area (Å²) in [5.74, 6) is 0. The summed E-state index contributed by atoms with van der Waals surface area (Å²) >= 11 is 3.75. The molecular weight excluding hydrogens is 1070 g/mol. The van der Waals surface area contributed by atoms with E-state index in [-0.39, 0.29) is 0 Å². The van der Waals surface area contributed by atoms with Crippen LogP contribution in [0.25, 0.3) is 183 Å². The molecule has 0 fully saturated rings. The maximum Gasteiger partial charge on any atom is 0.0361 e. The van der Waals surface area contributed by atoms with Gasteiger partial charge in [-0.1, -0.05) is 255 Å². The predicted octanol–water partition coefficient (Wildman–Crippen LogP) is 25.0. The minimum Gasteiger partial charge on any atom is -0.135 e. The Hall–Kier alpha value is -10.5. The van der Waals surface area contributed by atoms with Gasteiger partial charge >= 0.3 is 0 Å². The maximum absolute atomic E-state index is 2.48. The van der Waals surface area contributed by atoms with Crippen molar-refractivity contribution < 1.29 is 0 Å². The highest BCUT2D eigenvalue weighted by atomic mass is 32.1. The van der Waals surface area contributed by atoms with Crippen molar-refractivity contribution in [2.75, 3.05) is 0 Å². The van der Waals surface area contributed by atoms with Gasteiger partial charge in [-0.25, -0.2) is 0 Å². The molecule has 18 rings (SSSR count). The van der Waals surface area contributed by atoms with Gasteiger partial charge < -0.3 is 0 Å². The van der Waals surface area contributed by atoms with Gasteiger partial charge in [0, 0.05) is 40.3 Å². The number of benzene rings is 16. The molecule has 0 aliphatic heterocycles. The van der Waals surface area contributed by atoms with E-state index in [1.165, 1.54) is 183 Å². The van der Waals surface area contributed by atoms with Crippen LogP contribution in [0.2, 0.25) is 0 Å². The fourth-order valence-corrected chi connectivity index (χ4v) is 16.6. The van der Waals surface area contributed by atoms with Gasteiger partial charge in [0.25, 0.3) is 0 Å². The van der Waals surface area contributed by atoms with E-state index in [1.54, 1.807) is 0 Å². The minimum absolute atomic E-state index is 1.18. The quantitative estimate of drug-likeness (QED) is 0.140. The lowest BCUT2D eigenvalue weighted by molar-refractivity contribution is 1.64. The summed E-state index contributed by atoms with van der Waals surface area (Å²) in [7, 11) is 0. The van der Waals surface area contributed by atoms with Crippen molar-refractivity contribution in [3.05, 3.63) is 303 Å². The van der Waals surface area contributed by atoms with Gasteiger partial charge in [-0.05, 0) is 191 Å². The number of rotatable bonds is 7. The molecule has 0 atom stereocenters. The number of thiophene rings is 2. The smallest absolute Gasteiger partial charge is 0.0361 e. The third kappa shape index (κ3) is 7.74. The summed E-state index contributed by atoms with van der Waals surface area (Å²) in [4.78, 5) is 0. The lowest BCUT2D eigenvalue weighted by Gasteiger charge is -2.21. The largest absolute Gasteiger partial charge is 0.135 e. The van der Waals surface area contributed by atoms with Crippen LogP contribution in [0.3, 0.4) is 0 Å². The molecule has 398 valence electrons. The molecule has 0 unspecified atom stereocenters. The molecule has 2 heterocycles. The molecule has 0 amide bonds. The van der Waals surface area contributed by atoms with E-state index in [2.05, 4.69) is 303 Å². The highest BCUT2D eigenvalue weighted by Crippen LogP contribution is 2.50. The molecule has 2 aromatic heterocycles. The van der Waals surface area contributed by atoms with Crippen LogP contribution in [0, 0.1) is 0 Å². The Morgan fingerprint density at radius 1 is 0.151 bits per heavy atom. The van der Waals surface area contributed by atoms with Crippen molar-refractivity contribution in [2.45, 2.75) is 0 Å². The van der Waals surface area contributed by atoms with E-state index in [4.69, 9.17) is 0 Å². The molecule has 2 heteroatoms. The van der Waals surface area contributed by atoms with Crippen molar-refractivity contribution in [3.8, 4) is 77.9 Å². The van der Waals surface area contributed by atoms with E-state index in [0.29, 0.717) is 0 Å². The fourth-order valence-electron chi connectivity index (χ4n) is 14.3. The normalized spacial score (nSPS) is 12.0. The highest BCUT2D eigenvalue weighted by Gasteiger charge is 2.23. The molecule has 0 spiro atoms. The lowest BCUT2D eigenvalue weighted by atomic mass is 9.82. The van der Waals surface area contributed by atoms with E-state index in [9.17, 15) is 0 Å². The van der Waals surface area contributed by atoms with Crippen LogP contribution in [0.15, 0.2) is 303 Å². The Balaban J connectivity index is 0.816. The van der Waals surface area contributed by atoms with Crippen molar-refractivity contribution in [2.24, 2.45) is 0 Å². The molecular formula is C84H50S2. The summed E-state index contributed by atoms with van der Waals surface area (Å²) in [6.45, 7) is 0. The Bertz CT molecular complexity index is 5820. The summed E-state index contributed by atoms with van der Waals surface area (Å²) in [6, 6.07) is 114. The van der Waals surface area contributed by atoms with Crippen LogP contribution in [-0.2, 0) is 0 Å². The molecule has 0 N–H and O–H groups in total. The van der Waals surface area contributed by atoms with Crippen LogP contribution >= 0.6 is 22.7 Å².